The van der Waals surface area contributed by atoms with Crippen molar-refractivity contribution in [1.82, 2.24) is 4.90 Å². The quantitative estimate of drug-likeness (QED) is 0.762. The summed E-state index contributed by atoms with van der Waals surface area (Å²) < 4.78 is 1.05. The van der Waals surface area contributed by atoms with Crippen LogP contribution in [0, 0.1) is 5.92 Å². The highest BCUT2D eigenvalue weighted by Gasteiger charge is 2.23. The molecule has 0 aliphatic carbocycles. The Balaban J connectivity index is 2.90. The Morgan fingerprint density at radius 1 is 1.33 bits per heavy atom. The topological polar surface area (TPSA) is 46.3 Å². The molecule has 1 aromatic carbocycles. The highest BCUT2D eigenvalue weighted by Crippen LogP contribution is 2.28. The molecule has 0 fully saturated rings. The van der Waals surface area contributed by atoms with E-state index in [4.69, 9.17) is 5.73 Å². The van der Waals surface area contributed by atoms with Crippen molar-refractivity contribution < 1.29 is 4.79 Å². The number of carbonyl (C=O) groups is 1. The van der Waals surface area contributed by atoms with Gasteiger partial charge in [-0.05, 0) is 37.4 Å². The van der Waals surface area contributed by atoms with Gasteiger partial charge in [-0.15, -0.1) is 0 Å². The highest BCUT2D eigenvalue weighted by atomic mass is 79.9. The van der Waals surface area contributed by atoms with Crippen LogP contribution in [0.25, 0.3) is 0 Å². The lowest BCUT2D eigenvalue weighted by molar-refractivity contribution is -0.134. The summed E-state index contributed by atoms with van der Waals surface area (Å²) in [6.45, 7) is 7.64. The molecule has 0 spiro atoms. The predicted octanol–water partition coefficient (Wildman–Crippen LogP) is 4.12. The molecule has 1 amide bonds. The van der Waals surface area contributed by atoms with Crippen LogP contribution in [-0.4, -0.2) is 23.9 Å². The molecule has 1 rings (SSSR count). The average molecular weight is 355 g/mol. The first kappa shape index (κ1) is 18.2. The van der Waals surface area contributed by atoms with Crippen molar-refractivity contribution in [2.45, 2.75) is 46.1 Å². The lowest BCUT2D eigenvalue weighted by atomic mass is 10.00. The maximum atomic E-state index is 12.6. The number of amides is 1. The van der Waals surface area contributed by atoms with Gasteiger partial charge in [0.1, 0.15) is 0 Å². The molecular weight excluding hydrogens is 328 g/mol. The van der Waals surface area contributed by atoms with E-state index in [9.17, 15) is 4.79 Å². The van der Waals surface area contributed by atoms with Gasteiger partial charge in [-0.1, -0.05) is 54.4 Å². The second-order valence-electron chi connectivity index (χ2n) is 5.50. The van der Waals surface area contributed by atoms with Crippen LogP contribution in [0.15, 0.2) is 28.7 Å². The largest absolute Gasteiger partial charge is 0.336 e. The summed E-state index contributed by atoms with van der Waals surface area (Å²) in [5, 5.41) is 0. The molecule has 0 bridgehead atoms. The van der Waals surface area contributed by atoms with E-state index in [-0.39, 0.29) is 17.9 Å². The molecule has 0 heterocycles. The minimum Gasteiger partial charge on any atom is -0.336 e. The highest BCUT2D eigenvalue weighted by molar-refractivity contribution is 9.10. The third-order valence-corrected chi connectivity index (χ3v) is 4.70. The van der Waals surface area contributed by atoms with Crippen LogP contribution in [-0.2, 0) is 4.79 Å². The van der Waals surface area contributed by atoms with Crippen molar-refractivity contribution in [3.8, 4) is 0 Å². The van der Waals surface area contributed by atoms with Crippen molar-refractivity contribution in [2.75, 3.05) is 13.1 Å². The first-order chi connectivity index (χ1) is 10.0. The molecule has 0 aliphatic rings. The van der Waals surface area contributed by atoms with E-state index in [0.717, 1.165) is 29.4 Å². The zero-order valence-corrected chi connectivity index (χ0v) is 14.9. The van der Waals surface area contributed by atoms with Gasteiger partial charge in [-0.2, -0.15) is 0 Å². The monoisotopic (exact) mass is 354 g/mol. The van der Waals surface area contributed by atoms with E-state index >= 15 is 0 Å². The molecule has 2 atom stereocenters. The zero-order chi connectivity index (χ0) is 15.8. The summed E-state index contributed by atoms with van der Waals surface area (Å²) in [5.74, 6) is 0.487. The molecule has 0 aromatic heterocycles. The van der Waals surface area contributed by atoms with Crippen LogP contribution in [0.5, 0.6) is 0 Å². The van der Waals surface area contributed by atoms with Crippen LogP contribution in [0.4, 0.5) is 0 Å². The first-order valence-corrected chi connectivity index (χ1v) is 8.58. The Kier molecular flexibility index (Phi) is 7.97. The summed E-state index contributed by atoms with van der Waals surface area (Å²) in [6.07, 6.45) is 2.45. The molecule has 0 radical (unpaired) electrons. The van der Waals surface area contributed by atoms with E-state index in [1.165, 1.54) is 0 Å². The Hall–Kier alpha value is -0.870. The normalized spacial score (nSPS) is 13.8. The van der Waals surface area contributed by atoms with Gasteiger partial charge in [-0.25, -0.2) is 0 Å². The van der Waals surface area contributed by atoms with Crippen molar-refractivity contribution in [1.29, 1.82) is 0 Å². The fraction of sp³-hybridized carbons (Fsp3) is 0.588. The van der Waals surface area contributed by atoms with Crippen molar-refractivity contribution in [2.24, 2.45) is 11.7 Å². The van der Waals surface area contributed by atoms with Gasteiger partial charge in [0, 0.05) is 17.4 Å². The van der Waals surface area contributed by atoms with Crippen molar-refractivity contribution >= 4 is 21.8 Å². The van der Waals surface area contributed by atoms with Gasteiger partial charge < -0.3 is 10.6 Å². The van der Waals surface area contributed by atoms with E-state index in [0.29, 0.717) is 13.0 Å². The van der Waals surface area contributed by atoms with E-state index in [2.05, 4.69) is 42.8 Å². The van der Waals surface area contributed by atoms with E-state index in [1.807, 2.05) is 23.1 Å². The maximum Gasteiger partial charge on any atom is 0.223 e. The molecule has 118 valence electrons. The van der Waals surface area contributed by atoms with Gasteiger partial charge >= 0.3 is 0 Å². The number of halogens is 1. The van der Waals surface area contributed by atoms with Gasteiger partial charge in [0.05, 0.1) is 6.04 Å². The van der Waals surface area contributed by atoms with Crippen molar-refractivity contribution in [3.63, 3.8) is 0 Å². The number of hydrogen-bond donors (Lipinski definition) is 1. The fourth-order valence-corrected chi connectivity index (χ4v) is 3.13. The minimum absolute atomic E-state index is 0.0725. The molecule has 1 aromatic rings. The number of nitrogens with two attached hydrogens (primary N) is 1. The lowest BCUT2D eigenvalue weighted by Gasteiger charge is -2.31. The second-order valence-corrected chi connectivity index (χ2v) is 6.35. The SMILES string of the molecule is CCCN(C(=O)CC(CC)CN)C(C)c1ccccc1Br. The van der Waals surface area contributed by atoms with E-state index in [1.54, 1.807) is 0 Å². The minimum atomic E-state index is 0.0725. The van der Waals surface area contributed by atoms with E-state index < -0.39 is 0 Å². The molecular formula is C17H27BrN2O. The Bertz CT molecular complexity index is 446. The van der Waals surface area contributed by atoms with Crippen molar-refractivity contribution in [3.05, 3.63) is 34.3 Å². The summed E-state index contributed by atoms with van der Waals surface area (Å²) >= 11 is 3.59. The number of benzene rings is 1. The third kappa shape index (κ3) is 5.11. The third-order valence-electron chi connectivity index (χ3n) is 3.98. The van der Waals surface area contributed by atoms with Gasteiger partial charge in [0.2, 0.25) is 5.91 Å². The van der Waals surface area contributed by atoms with Crippen LogP contribution in [0.2, 0.25) is 0 Å². The Morgan fingerprint density at radius 3 is 2.52 bits per heavy atom. The summed E-state index contributed by atoms with van der Waals surface area (Å²) in [5.41, 5.74) is 6.89. The predicted molar refractivity (Wildman–Crippen MR) is 92.0 cm³/mol. The number of rotatable bonds is 8. The smallest absolute Gasteiger partial charge is 0.223 e. The lowest BCUT2D eigenvalue weighted by Crippen LogP contribution is -2.36. The van der Waals surface area contributed by atoms with Gasteiger partial charge in [-0.3, -0.25) is 4.79 Å². The molecule has 21 heavy (non-hydrogen) atoms. The second kappa shape index (κ2) is 9.21. The van der Waals surface area contributed by atoms with Crippen LogP contribution in [0.1, 0.15) is 51.6 Å². The number of nitrogens with zero attached hydrogens (tertiary/aromatic N) is 1. The summed E-state index contributed by atoms with van der Waals surface area (Å²) in [7, 11) is 0. The molecule has 0 saturated heterocycles. The van der Waals surface area contributed by atoms with Gasteiger partial charge in [0.25, 0.3) is 0 Å². The zero-order valence-electron chi connectivity index (χ0n) is 13.3. The molecule has 2 N–H and O–H groups in total. The molecule has 3 nitrogen and oxygen atoms in total. The fourth-order valence-electron chi connectivity index (χ4n) is 2.52. The Morgan fingerprint density at radius 2 is 2.00 bits per heavy atom. The number of carbonyl (C=O) groups excluding carboxylic acids is 1. The first-order valence-electron chi connectivity index (χ1n) is 7.79. The van der Waals surface area contributed by atoms with Crippen LogP contribution >= 0.6 is 15.9 Å². The average Bonchev–Trinajstić information content (AvgIpc) is 2.49. The summed E-state index contributed by atoms with van der Waals surface area (Å²) in [4.78, 5) is 14.6. The maximum absolute atomic E-state index is 12.6. The van der Waals surface area contributed by atoms with Crippen LogP contribution in [0.3, 0.4) is 0 Å². The molecule has 4 heteroatoms. The Labute approximate surface area is 137 Å². The van der Waals surface area contributed by atoms with Gasteiger partial charge in [0.15, 0.2) is 0 Å². The number of hydrogen-bond acceptors (Lipinski definition) is 2. The van der Waals surface area contributed by atoms with Crippen LogP contribution < -0.4 is 5.73 Å². The summed E-state index contributed by atoms with van der Waals surface area (Å²) in [6, 6.07) is 8.18. The molecule has 0 aliphatic heterocycles. The standard InChI is InChI=1S/C17H27BrN2O/c1-4-10-20(17(21)11-14(5-2)12-19)13(3)15-8-6-7-9-16(15)18/h6-9,13-14H,4-5,10-12,19H2,1-3H3. The molecule has 0 saturated carbocycles. The molecule has 2 unspecified atom stereocenters.